The lowest BCUT2D eigenvalue weighted by Gasteiger charge is -2.26. The van der Waals surface area contributed by atoms with Gasteiger partial charge in [-0.1, -0.05) is 0 Å². The van der Waals surface area contributed by atoms with E-state index in [1.165, 1.54) is 7.05 Å². The number of likely N-dealkylation sites (N-methyl/N-ethyl adjacent to an activating group) is 1. The summed E-state index contributed by atoms with van der Waals surface area (Å²) in [5.74, 6) is -0.430. The summed E-state index contributed by atoms with van der Waals surface area (Å²) in [6.07, 6.45) is -5.49. The fourth-order valence-corrected chi connectivity index (χ4v) is 1.92. The van der Waals surface area contributed by atoms with Crippen LogP contribution in [0.1, 0.15) is 19.8 Å². The number of carbonyl (C=O) groups is 1. The summed E-state index contributed by atoms with van der Waals surface area (Å²) in [6, 6.07) is 2.03. The first-order valence-electron chi connectivity index (χ1n) is 6.24. The molecular weight excluding hydrogens is 275 g/mol. The third-order valence-corrected chi connectivity index (χ3v) is 3.30. The van der Waals surface area contributed by atoms with Crippen LogP contribution < -0.4 is 5.32 Å². The van der Waals surface area contributed by atoms with Gasteiger partial charge in [0.1, 0.15) is 5.54 Å². The van der Waals surface area contributed by atoms with Gasteiger partial charge >= 0.3 is 6.18 Å². The molecular formula is C12H18F3N3O2. The van der Waals surface area contributed by atoms with Gasteiger partial charge in [-0.25, -0.2) is 0 Å². The van der Waals surface area contributed by atoms with Crippen molar-refractivity contribution in [2.24, 2.45) is 5.92 Å². The van der Waals surface area contributed by atoms with E-state index in [0.717, 1.165) is 17.7 Å². The van der Waals surface area contributed by atoms with Crippen LogP contribution in [0.15, 0.2) is 0 Å². The molecule has 114 valence electrons. The second kappa shape index (κ2) is 5.97. The number of carbonyl (C=O) groups excluding carboxylic acids is 1. The first-order chi connectivity index (χ1) is 9.08. The molecule has 1 aliphatic rings. The second-order valence-electron chi connectivity index (χ2n) is 5.39. The Bertz CT molecular complexity index is 404. The smallest absolute Gasteiger partial charge is 0.382 e. The number of hydrogen-bond donors (Lipinski definition) is 2. The minimum Gasteiger partial charge on any atom is -0.382 e. The Balaban J connectivity index is 2.44. The predicted molar refractivity (Wildman–Crippen MR) is 64.4 cm³/mol. The maximum atomic E-state index is 12.2. The van der Waals surface area contributed by atoms with Gasteiger partial charge in [0.05, 0.1) is 12.6 Å². The number of aliphatic hydroxyl groups is 1. The molecule has 1 saturated carbocycles. The second-order valence-corrected chi connectivity index (χ2v) is 5.39. The van der Waals surface area contributed by atoms with Crippen LogP contribution in [0, 0.1) is 17.2 Å². The Hall–Kier alpha value is -1.33. The van der Waals surface area contributed by atoms with Crippen molar-refractivity contribution in [1.82, 2.24) is 10.2 Å². The largest absolute Gasteiger partial charge is 0.415 e. The van der Waals surface area contributed by atoms with Crippen molar-refractivity contribution in [3.63, 3.8) is 0 Å². The minimum atomic E-state index is -4.71. The molecule has 0 aromatic rings. The van der Waals surface area contributed by atoms with Crippen molar-refractivity contribution in [3.8, 4) is 6.07 Å². The SMILES string of the molecule is CN(CC(=O)NC(C)(C#N)C1CC1)CC(O)C(F)(F)F. The summed E-state index contributed by atoms with van der Waals surface area (Å²) in [5, 5.41) is 20.5. The zero-order valence-corrected chi connectivity index (χ0v) is 11.4. The van der Waals surface area contributed by atoms with E-state index in [1.54, 1.807) is 6.92 Å². The van der Waals surface area contributed by atoms with Gasteiger partial charge in [-0.3, -0.25) is 9.69 Å². The normalized spacial score (nSPS) is 20.1. The lowest BCUT2D eigenvalue weighted by atomic mass is 9.98. The van der Waals surface area contributed by atoms with Crippen LogP contribution >= 0.6 is 0 Å². The Morgan fingerprint density at radius 1 is 1.55 bits per heavy atom. The van der Waals surface area contributed by atoms with Gasteiger partial charge in [0.25, 0.3) is 0 Å². The number of nitrogens with zero attached hydrogens (tertiary/aromatic N) is 2. The highest BCUT2D eigenvalue weighted by molar-refractivity contribution is 5.79. The van der Waals surface area contributed by atoms with Crippen LogP contribution in [0.5, 0.6) is 0 Å². The number of alkyl halides is 3. The van der Waals surface area contributed by atoms with E-state index < -0.39 is 30.3 Å². The Morgan fingerprint density at radius 3 is 2.50 bits per heavy atom. The van der Waals surface area contributed by atoms with Crippen molar-refractivity contribution in [2.45, 2.75) is 37.6 Å². The van der Waals surface area contributed by atoms with E-state index in [1.807, 2.05) is 6.07 Å². The molecule has 1 fully saturated rings. The monoisotopic (exact) mass is 293 g/mol. The Labute approximate surface area is 115 Å². The molecule has 0 saturated heterocycles. The fraction of sp³-hybridized carbons (Fsp3) is 0.833. The molecule has 0 aromatic carbocycles. The average Bonchev–Trinajstić information content (AvgIpc) is 3.10. The number of nitrogens with one attached hydrogen (secondary N) is 1. The van der Waals surface area contributed by atoms with E-state index in [4.69, 9.17) is 10.4 Å². The fourth-order valence-electron chi connectivity index (χ4n) is 1.92. The lowest BCUT2D eigenvalue weighted by Crippen LogP contribution is -2.51. The minimum absolute atomic E-state index is 0.0996. The summed E-state index contributed by atoms with van der Waals surface area (Å²) < 4.78 is 36.5. The summed E-state index contributed by atoms with van der Waals surface area (Å²) >= 11 is 0. The van der Waals surface area contributed by atoms with Crippen LogP contribution in [0.4, 0.5) is 13.2 Å². The molecule has 0 heterocycles. The van der Waals surface area contributed by atoms with Gasteiger partial charge in [-0.15, -0.1) is 0 Å². The number of rotatable bonds is 6. The number of amides is 1. The molecule has 5 nitrogen and oxygen atoms in total. The number of aliphatic hydroxyl groups excluding tert-OH is 1. The Morgan fingerprint density at radius 2 is 2.10 bits per heavy atom. The molecule has 2 atom stereocenters. The highest BCUT2D eigenvalue weighted by Crippen LogP contribution is 2.39. The van der Waals surface area contributed by atoms with Crippen molar-refractivity contribution in [3.05, 3.63) is 0 Å². The van der Waals surface area contributed by atoms with E-state index in [0.29, 0.717) is 0 Å². The van der Waals surface area contributed by atoms with Crippen molar-refractivity contribution >= 4 is 5.91 Å². The molecule has 0 bridgehead atoms. The zero-order valence-electron chi connectivity index (χ0n) is 11.4. The van der Waals surface area contributed by atoms with Crippen LogP contribution in [0.2, 0.25) is 0 Å². The summed E-state index contributed by atoms with van der Waals surface area (Å²) in [7, 11) is 1.30. The zero-order chi connectivity index (χ0) is 15.6. The van der Waals surface area contributed by atoms with Gasteiger partial charge in [-0.2, -0.15) is 18.4 Å². The van der Waals surface area contributed by atoms with Gasteiger partial charge in [-0.05, 0) is 32.7 Å². The number of hydrogen-bond acceptors (Lipinski definition) is 4. The number of nitriles is 1. The quantitative estimate of drug-likeness (QED) is 0.754. The molecule has 2 unspecified atom stereocenters. The molecule has 8 heteroatoms. The van der Waals surface area contributed by atoms with E-state index in [2.05, 4.69) is 5.32 Å². The van der Waals surface area contributed by atoms with Crippen molar-refractivity contribution in [2.75, 3.05) is 20.1 Å². The van der Waals surface area contributed by atoms with Crippen molar-refractivity contribution in [1.29, 1.82) is 5.26 Å². The Kier molecular flexibility index (Phi) is 5.00. The third kappa shape index (κ3) is 4.65. The van der Waals surface area contributed by atoms with Gasteiger partial charge in [0, 0.05) is 6.54 Å². The summed E-state index contributed by atoms with van der Waals surface area (Å²) in [5.41, 5.74) is -0.972. The predicted octanol–water partition coefficient (Wildman–Crippen LogP) is 0.650. The molecule has 0 spiro atoms. The van der Waals surface area contributed by atoms with E-state index in [-0.39, 0.29) is 12.5 Å². The maximum absolute atomic E-state index is 12.2. The molecule has 0 aliphatic heterocycles. The van der Waals surface area contributed by atoms with Crippen LogP contribution in [0.3, 0.4) is 0 Å². The molecule has 2 N–H and O–H groups in total. The molecule has 1 aliphatic carbocycles. The van der Waals surface area contributed by atoms with E-state index in [9.17, 15) is 18.0 Å². The standard InChI is InChI=1S/C12H18F3N3O2/c1-11(7-16,8-3-4-8)17-10(20)6-18(2)5-9(19)12(13,14)15/h8-9,19H,3-6H2,1-2H3,(H,17,20). The highest BCUT2D eigenvalue weighted by atomic mass is 19.4. The first-order valence-corrected chi connectivity index (χ1v) is 6.24. The first kappa shape index (κ1) is 16.7. The third-order valence-electron chi connectivity index (χ3n) is 3.30. The van der Waals surface area contributed by atoms with Gasteiger partial charge < -0.3 is 10.4 Å². The van der Waals surface area contributed by atoms with E-state index >= 15 is 0 Å². The summed E-state index contributed by atoms with van der Waals surface area (Å²) in [4.78, 5) is 12.8. The topological polar surface area (TPSA) is 76.4 Å². The molecule has 1 rings (SSSR count). The molecule has 0 aromatic heterocycles. The summed E-state index contributed by atoms with van der Waals surface area (Å²) in [6.45, 7) is 0.605. The highest BCUT2D eigenvalue weighted by Gasteiger charge is 2.43. The van der Waals surface area contributed by atoms with Crippen molar-refractivity contribution < 1.29 is 23.1 Å². The molecule has 1 amide bonds. The van der Waals surface area contributed by atoms with Crippen LogP contribution in [-0.4, -0.2) is 53.9 Å². The average molecular weight is 293 g/mol. The lowest BCUT2D eigenvalue weighted by molar-refractivity contribution is -0.207. The molecule has 20 heavy (non-hydrogen) atoms. The van der Waals surface area contributed by atoms with Crippen LogP contribution in [-0.2, 0) is 4.79 Å². The maximum Gasteiger partial charge on any atom is 0.415 e. The van der Waals surface area contributed by atoms with Gasteiger partial charge in [0.15, 0.2) is 6.10 Å². The number of halogens is 3. The van der Waals surface area contributed by atoms with Gasteiger partial charge in [0.2, 0.25) is 5.91 Å². The van der Waals surface area contributed by atoms with Crippen LogP contribution in [0.25, 0.3) is 0 Å². The molecule has 0 radical (unpaired) electrons.